The monoisotopic (exact) mass is 425 g/mol. The van der Waals surface area contributed by atoms with Gasteiger partial charge in [0.15, 0.2) is 0 Å². The lowest BCUT2D eigenvalue weighted by atomic mass is 10.0. The number of carbonyl (C=O) groups excluding carboxylic acids is 3. The second-order valence-corrected chi connectivity index (χ2v) is 8.10. The van der Waals surface area contributed by atoms with Crippen molar-refractivity contribution in [1.29, 1.82) is 0 Å². The van der Waals surface area contributed by atoms with Crippen LogP contribution in [0.5, 0.6) is 0 Å². The second-order valence-electron chi connectivity index (χ2n) is 7.70. The molecule has 2 saturated heterocycles. The molecule has 4 rings (SSSR count). The van der Waals surface area contributed by atoms with Crippen LogP contribution in [0.2, 0.25) is 5.02 Å². The fraction of sp³-hybridized carbons (Fsp3) is 0.348. The molecule has 30 heavy (non-hydrogen) atoms. The summed E-state index contributed by atoms with van der Waals surface area (Å²) in [4.78, 5) is 40.7. The van der Waals surface area contributed by atoms with E-state index in [0.29, 0.717) is 30.1 Å². The van der Waals surface area contributed by atoms with Crippen LogP contribution >= 0.6 is 11.6 Å². The van der Waals surface area contributed by atoms with Gasteiger partial charge < -0.3 is 15.1 Å². The van der Waals surface area contributed by atoms with E-state index in [9.17, 15) is 14.4 Å². The fourth-order valence-electron chi connectivity index (χ4n) is 4.06. The number of rotatable bonds is 5. The first-order valence-electron chi connectivity index (χ1n) is 10.3. The van der Waals surface area contributed by atoms with Crippen molar-refractivity contribution in [3.8, 4) is 0 Å². The molecule has 2 aliphatic heterocycles. The third-order valence-electron chi connectivity index (χ3n) is 5.60. The molecule has 2 aromatic carbocycles. The van der Waals surface area contributed by atoms with Gasteiger partial charge in [-0.3, -0.25) is 14.4 Å². The Morgan fingerprint density at radius 1 is 1.00 bits per heavy atom. The predicted octanol–water partition coefficient (Wildman–Crippen LogP) is 3.32. The summed E-state index contributed by atoms with van der Waals surface area (Å²) in [5.41, 5.74) is 2.38. The quantitative estimate of drug-likeness (QED) is 0.798. The van der Waals surface area contributed by atoms with Gasteiger partial charge in [-0.25, -0.2) is 0 Å². The number of benzene rings is 2. The minimum Gasteiger partial charge on any atom is -0.344 e. The third kappa shape index (κ3) is 4.33. The molecule has 0 spiro atoms. The lowest BCUT2D eigenvalue weighted by Crippen LogP contribution is -2.52. The van der Waals surface area contributed by atoms with E-state index in [-0.39, 0.29) is 24.1 Å². The van der Waals surface area contributed by atoms with Crippen molar-refractivity contribution in [2.24, 2.45) is 0 Å². The molecule has 0 aromatic heterocycles. The van der Waals surface area contributed by atoms with Crippen molar-refractivity contribution < 1.29 is 14.4 Å². The van der Waals surface area contributed by atoms with E-state index in [4.69, 9.17) is 11.6 Å². The molecule has 1 N–H and O–H groups in total. The normalized spacial score (nSPS) is 19.3. The Morgan fingerprint density at radius 3 is 2.43 bits per heavy atom. The van der Waals surface area contributed by atoms with Crippen LogP contribution in [-0.2, 0) is 20.8 Å². The first-order valence-corrected chi connectivity index (χ1v) is 10.7. The largest absolute Gasteiger partial charge is 0.344 e. The van der Waals surface area contributed by atoms with Crippen LogP contribution < -0.4 is 15.1 Å². The summed E-state index contributed by atoms with van der Waals surface area (Å²) in [5.74, 6) is -0.190. The van der Waals surface area contributed by atoms with Crippen molar-refractivity contribution in [2.75, 3.05) is 22.9 Å². The summed E-state index contributed by atoms with van der Waals surface area (Å²) >= 11 is 6.25. The molecule has 2 heterocycles. The third-order valence-corrected chi connectivity index (χ3v) is 5.92. The number of halogens is 1. The Labute approximate surface area is 180 Å². The Bertz CT molecular complexity index is 960. The van der Waals surface area contributed by atoms with E-state index < -0.39 is 6.04 Å². The Hall–Kier alpha value is -2.86. The van der Waals surface area contributed by atoms with Gasteiger partial charge in [-0.15, -0.1) is 0 Å². The number of anilines is 2. The average molecular weight is 426 g/mol. The molecule has 1 atom stereocenters. The number of piperidine rings is 1. The van der Waals surface area contributed by atoms with Gasteiger partial charge in [0.05, 0.1) is 17.1 Å². The summed E-state index contributed by atoms with van der Waals surface area (Å²) in [6.45, 7) is 1.33. The SMILES string of the molecule is O=C(Cc1ccc(N2CCCC2=O)cc1)N[C@H]1CCCN(c2ccccc2Cl)C1=O. The number of nitrogens with zero attached hydrogens (tertiary/aromatic N) is 2. The summed E-state index contributed by atoms with van der Waals surface area (Å²) in [7, 11) is 0. The van der Waals surface area contributed by atoms with Gasteiger partial charge in [0, 0.05) is 25.2 Å². The molecule has 7 heteroatoms. The maximum atomic E-state index is 12.9. The van der Waals surface area contributed by atoms with E-state index in [1.807, 2.05) is 42.5 Å². The minimum absolute atomic E-state index is 0.134. The van der Waals surface area contributed by atoms with Gasteiger partial charge in [0.25, 0.3) is 0 Å². The van der Waals surface area contributed by atoms with Crippen LogP contribution in [0.4, 0.5) is 11.4 Å². The standard InChI is InChI=1S/C23H24ClN3O3/c24-18-5-1-2-7-20(18)27-14-3-6-19(23(27)30)25-21(28)15-16-9-11-17(12-10-16)26-13-4-8-22(26)29/h1-2,5,7,9-12,19H,3-4,6,8,13-15H2,(H,25,28)/t19-/m0/s1. The van der Waals surface area contributed by atoms with E-state index >= 15 is 0 Å². The fourth-order valence-corrected chi connectivity index (χ4v) is 4.30. The molecule has 2 aliphatic rings. The van der Waals surface area contributed by atoms with Gasteiger partial charge in [-0.1, -0.05) is 35.9 Å². The van der Waals surface area contributed by atoms with Crippen LogP contribution in [0.1, 0.15) is 31.2 Å². The van der Waals surface area contributed by atoms with Crippen LogP contribution in [0.3, 0.4) is 0 Å². The number of hydrogen-bond acceptors (Lipinski definition) is 3. The van der Waals surface area contributed by atoms with Crippen molar-refractivity contribution in [2.45, 2.75) is 38.1 Å². The molecule has 0 unspecified atom stereocenters. The van der Waals surface area contributed by atoms with Gasteiger partial charge in [-0.2, -0.15) is 0 Å². The highest BCUT2D eigenvalue weighted by Crippen LogP contribution is 2.28. The number of carbonyl (C=O) groups is 3. The van der Waals surface area contributed by atoms with Crippen molar-refractivity contribution in [3.05, 3.63) is 59.1 Å². The van der Waals surface area contributed by atoms with Crippen LogP contribution in [0.25, 0.3) is 0 Å². The van der Waals surface area contributed by atoms with Crippen molar-refractivity contribution >= 4 is 40.7 Å². The molecular formula is C23H24ClN3O3. The summed E-state index contributed by atoms with van der Waals surface area (Å²) < 4.78 is 0. The maximum Gasteiger partial charge on any atom is 0.249 e. The Balaban J connectivity index is 1.37. The number of amides is 3. The highest BCUT2D eigenvalue weighted by atomic mass is 35.5. The smallest absolute Gasteiger partial charge is 0.249 e. The topological polar surface area (TPSA) is 69.7 Å². The molecule has 2 aromatic rings. The zero-order valence-corrected chi connectivity index (χ0v) is 17.4. The maximum absolute atomic E-state index is 12.9. The first-order chi connectivity index (χ1) is 14.5. The van der Waals surface area contributed by atoms with E-state index in [1.165, 1.54) is 0 Å². The zero-order valence-electron chi connectivity index (χ0n) is 16.6. The zero-order chi connectivity index (χ0) is 21.1. The summed E-state index contributed by atoms with van der Waals surface area (Å²) in [6, 6.07) is 14.2. The molecule has 6 nitrogen and oxygen atoms in total. The highest BCUT2D eigenvalue weighted by molar-refractivity contribution is 6.33. The average Bonchev–Trinajstić information content (AvgIpc) is 3.17. The number of para-hydroxylation sites is 1. The number of hydrogen-bond donors (Lipinski definition) is 1. The predicted molar refractivity (Wildman–Crippen MR) is 117 cm³/mol. The van der Waals surface area contributed by atoms with Crippen molar-refractivity contribution in [3.63, 3.8) is 0 Å². The van der Waals surface area contributed by atoms with E-state index in [0.717, 1.165) is 30.6 Å². The van der Waals surface area contributed by atoms with Crippen LogP contribution in [-0.4, -0.2) is 36.9 Å². The second kappa shape index (κ2) is 8.88. The van der Waals surface area contributed by atoms with Gasteiger partial charge in [-0.05, 0) is 49.1 Å². The Morgan fingerprint density at radius 2 is 1.73 bits per heavy atom. The van der Waals surface area contributed by atoms with Gasteiger partial charge in [0.1, 0.15) is 6.04 Å². The van der Waals surface area contributed by atoms with E-state index in [2.05, 4.69) is 5.32 Å². The minimum atomic E-state index is -0.552. The molecule has 3 amide bonds. The van der Waals surface area contributed by atoms with E-state index in [1.54, 1.807) is 15.9 Å². The molecule has 0 saturated carbocycles. The van der Waals surface area contributed by atoms with Crippen LogP contribution in [0, 0.1) is 0 Å². The number of nitrogens with one attached hydrogen (secondary N) is 1. The lowest BCUT2D eigenvalue weighted by Gasteiger charge is -2.33. The van der Waals surface area contributed by atoms with Gasteiger partial charge >= 0.3 is 0 Å². The lowest BCUT2D eigenvalue weighted by molar-refractivity contribution is -0.128. The Kier molecular flexibility index (Phi) is 6.04. The van der Waals surface area contributed by atoms with Gasteiger partial charge in [0.2, 0.25) is 17.7 Å². The van der Waals surface area contributed by atoms with Crippen LogP contribution in [0.15, 0.2) is 48.5 Å². The summed E-state index contributed by atoms with van der Waals surface area (Å²) in [5, 5.41) is 3.40. The molecule has 2 fully saturated rings. The first kappa shape index (κ1) is 20.4. The highest BCUT2D eigenvalue weighted by Gasteiger charge is 2.31. The van der Waals surface area contributed by atoms with Crippen molar-refractivity contribution in [1.82, 2.24) is 5.32 Å². The molecule has 156 valence electrons. The molecule has 0 aliphatic carbocycles. The molecule has 0 radical (unpaired) electrons. The summed E-state index contributed by atoms with van der Waals surface area (Å²) in [6.07, 6.45) is 3.06. The molecular weight excluding hydrogens is 402 g/mol. The molecule has 0 bridgehead atoms.